The lowest BCUT2D eigenvalue weighted by Crippen LogP contribution is -2.40. The molecule has 12 nitrogen and oxygen atoms in total. The molecular formula is C21H31FN3O9P. The van der Waals surface area contributed by atoms with E-state index in [1.165, 1.54) is 27.7 Å². The van der Waals surface area contributed by atoms with E-state index in [-0.39, 0.29) is 36.3 Å². The van der Waals surface area contributed by atoms with Gasteiger partial charge in [-0.15, -0.1) is 0 Å². The van der Waals surface area contributed by atoms with Gasteiger partial charge in [0.25, 0.3) is 11.1 Å². The summed E-state index contributed by atoms with van der Waals surface area (Å²) < 4.78 is 39.2. The molecule has 0 saturated carbocycles. The van der Waals surface area contributed by atoms with Crippen LogP contribution in [0.1, 0.15) is 64.3 Å². The van der Waals surface area contributed by atoms with Crippen molar-refractivity contribution in [3.63, 3.8) is 0 Å². The molecule has 2 aromatic rings. The number of ether oxygens (including phenoxy) is 1. The second-order valence-electron chi connectivity index (χ2n) is 9.31. The average molecular weight is 519 g/mol. The second-order valence-corrected chi connectivity index (χ2v) is 11.5. The van der Waals surface area contributed by atoms with Crippen LogP contribution in [-0.4, -0.2) is 63.8 Å². The number of halogens is 1. The summed E-state index contributed by atoms with van der Waals surface area (Å²) in [6, 6.07) is 0. The van der Waals surface area contributed by atoms with Crippen molar-refractivity contribution in [1.29, 1.82) is 0 Å². The van der Waals surface area contributed by atoms with Crippen LogP contribution in [0.2, 0.25) is 0 Å². The van der Waals surface area contributed by atoms with Crippen LogP contribution in [0.5, 0.6) is 0 Å². The molecule has 35 heavy (non-hydrogen) atoms. The zero-order valence-corrected chi connectivity index (χ0v) is 21.0. The molecule has 0 bridgehead atoms. The average Bonchev–Trinajstić information content (AvgIpc) is 3.04. The molecule has 0 radical (unpaired) electrons. The summed E-state index contributed by atoms with van der Waals surface area (Å²) in [5.74, 6) is -1.28. The Bertz CT molecular complexity index is 1280. The van der Waals surface area contributed by atoms with Gasteiger partial charge in [-0.05, 0) is 33.6 Å². The Labute approximate surface area is 199 Å². The minimum Gasteiger partial charge on any atom is -0.388 e. The fraction of sp³-hybridized carbons (Fsp3) is 0.667. The first kappa shape index (κ1) is 27.6. The highest BCUT2D eigenvalue weighted by atomic mass is 31.2. The smallest absolute Gasteiger partial charge is 0.359 e. The predicted molar refractivity (Wildman–Crippen MR) is 122 cm³/mol. The maximum absolute atomic E-state index is 14.1. The molecule has 5 N–H and O–H groups in total. The number of rotatable bonds is 8. The Kier molecular flexibility index (Phi) is 7.47. The molecule has 0 aromatic carbocycles. The third-order valence-corrected chi connectivity index (χ3v) is 8.95. The van der Waals surface area contributed by atoms with E-state index in [9.17, 15) is 38.8 Å². The lowest BCUT2D eigenvalue weighted by atomic mass is 9.92. The molecule has 0 aliphatic carbocycles. The highest BCUT2D eigenvalue weighted by Crippen LogP contribution is 2.59. The van der Waals surface area contributed by atoms with E-state index in [1.807, 2.05) is 0 Å². The van der Waals surface area contributed by atoms with Gasteiger partial charge >= 0.3 is 7.60 Å². The largest absolute Gasteiger partial charge is 0.388 e. The summed E-state index contributed by atoms with van der Waals surface area (Å²) in [5, 5.41) is 29.6. The maximum atomic E-state index is 14.1. The SMILES string of the molecule is CCC(C)(C[C@H]1O[C@@H](c2cn3c(C)c(F)c(=O)[nH]c3nc2=O)[C@@H](O)C1O)OP(=O)(O)C(C)(O)CC. The Hall–Kier alpha value is -1.99. The van der Waals surface area contributed by atoms with Gasteiger partial charge in [0.15, 0.2) is 5.34 Å². The first-order valence-electron chi connectivity index (χ1n) is 11.2. The molecule has 7 atom stereocenters. The highest BCUT2D eigenvalue weighted by Gasteiger charge is 2.51. The molecule has 2 aromatic heterocycles. The number of H-pyrrole nitrogens is 1. The van der Waals surface area contributed by atoms with Gasteiger partial charge in [-0.1, -0.05) is 13.8 Å². The van der Waals surface area contributed by atoms with Crippen molar-refractivity contribution < 1.29 is 38.4 Å². The van der Waals surface area contributed by atoms with Crippen LogP contribution in [0.4, 0.5) is 4.39 Å². The van der Waals surface area contributed by atoms with Gasteiger partial charge in [0.05, 0.1) is 23.0 Å². The quantitative estimate of drug-likeness (QED) is 0.314. The lowest BCUT2D eigenvalue weighted by molar-refractivity contribution is -0.0533. The molecule has 14 heteroatoms. The number of hydrogen-bond acceptors (Lipinski definition) is 9. The van der Waals surface area contributed by atoms with Crippen molar-refractivity contribution >= 4 is 13.4 Å². The van der Waals surface area contributed by atoms with Crippen molar-refractivity contribution in [3.05, 3.63) is 44.0 Å². The molecular weight excluding hydrogens is 488 g/mol. The fourth-order valence-corrected chi connectivity index (χ4v) is 5.28. The van der Waals surface area contributed by atoms with Crippen molar-refractivity contribution in [2.75, 3.05) is 0 Å². The van der Waals surface area contributed by atoms with Crippen molar-refractivity contribution in [2.24, 2.45) is 0 Å². The molecule has 1 aliphatic heterocycles. The summed E-state index contributed by atoms with van der Waals surface area (Å²) in [5.41, 5.74) is -3.57. The zero-order chi connectivity index (χ0) is 26.5. The van der Waals surface area contributed by atoms with Crippen LogP contribution in [-0.2, 0) is 13.8 Å². The molecule has 0 spiro atoms. The van der Waals surface area contributed by atoms with Crippen molar-refractivity contribution in [2.45, 2.75) is 89.2 Å². The van der Waals surface area contributed by atoms with E-state index in [4.69, 9.17) is 9.26 Å². The summed E-state index contributed by atoms with van der Waals surface area (Å²) in [4.78, 5) is 40.5. The highest BCUT2D eigenvalue weighted by molar-refractivity contribution is 7.54. The first-order chi connectivity index (χ1) is 16.1. The Balaban J connectivity index is 1.93. The molecule has 1 fully saturated rings. The molecule has 4 unspecified atom stereocenters. The zero-order valence-electron chi connectivity index (χ0n) is 20.1. The van der Waals surface area contributed by atoms with Crippen LogP contribution in [0.3, 0.4) is 0 Å². The Morgan fingerprint density at radius 1 is 1.26 bits per heavy atom. The van der Waals surface area contributed by atoms with Crippen LogP contribution in [0, 0.1) is 12.7 Å². The standard InChI is InChI=1S/C21H31FN3O9P/c1-6-20(4,34-35(31,32)21(5,30)7-2)8-12-14(26)15(27)16(33-12)11-9-25-10(3)13(22)18(29)24-19(25)23-17(11)28/h9,12,14-16,26-27,30H,6-8H2,1-5H3,(H,31,32)(H,23,24,28,29)/t12-,14?,15+,16+,20?,21?/m1/s1. The van der Waals surface area contributed by atoms with E-state index >= 15 is 0 Å². The molecule has 1 aliphatic rings. The number of aliphatic hydroxyl groups is 3. The summed E-state index contributed by atoms with van der Waals surface area (Å²) in [6.07, 6.45) is -4.43. The van der Waals surface area contributed by atoms with Crippen molar-refractivity contribution in [3.8, 4) is 0 Å². The van der Waals surface area contributed by atoms with Gasteiger partial charge < -0.3 is 29.5 Å². The Morgan fingerprint density at radius 2 is 1.89 bits per heavy atom. The minimum atomic E-state index is -4.52. The summed E-state index contributed by atoms with van der Waals surface area (Å²) >= 11 is 0. The van der Waals surface area contributed by atoms with Gasteiger partial charge in [0.2, 0.25) is 11.6 Å². The molecule has 3 rings (SSSR count). The molecule has 1 saturated heterocycles. The monoisotopic (exact) mass is 519 g/mol. The van der Waals surface area contributed by atoms with Crippen LogP contribution in [0.15, 0.2) is 15.8 Å². The lowest BCUT2D eigenvalue weighted by Gasteiger charge is -2.37. The molecule has 0 amide bonds. The number of fused-ring (bicyclic) bond motifs is 1. The summed E-state index contributed by atoms with van der Waals surface area (Å²) in [6.45, 7) is 7.20. The first-order valence-corrected chi connectivity index (χ1v) is 12.7. The van der Waals surface area contributed by atoms with E-state index in [2.05, 4.69) is 9.97 Å². The Morgan fingerprint density at radius 3 is 2.46 bits per heavy atom. The number of aryl methyl sites for hydroxylation is 1. The minimum absolute atomic E-state index is 0.0475. The number of hydrogen-bond donors (Lipinski definition) is 5. The third kappa shape index (κ3) is 4.99. The van der Waals surface area contributed by atoms with Gasteiger partial charge in [0, 0.05) is 12.6 Å². The number of nitrogens with zero attached hydrogens (tertiary/aromatic N) is 2. The number of nitrogens with one attached hydrogen (secondary N) is 1. The maximum Gasteiger partial charge on any atom is 0.359 e. The van der Waals surface area contributed by atoms with Gasteiger partial charge in [-0.2, -0.15) is 9.37 Å². The normalized spacial score (nSPS) is 27.9. The van der Waals surface area contributed by atoms with Gasteiger partial charge in [-0.3, -0.25) is 23.5 Å². The van der Waals surface area contributed by atoms with E-state index in [1.54, 1.807) is 6.92 Å². The van der Waals surface area contributed by atoms with E-state index in [0.717, 1.165) is 10.6 Å². The predicted octanol–water partition coefficient (Wildman–Crippen LogP) is 0.871. The van der Waals surface area contributed by atoms with Gasteiger partial charge in [0.1, 0.15) is 18.3 Å². The number of aromatic amines is 1. The number of aliphatic hydroxyl groups excluding tert-OH is 2. The van der Waals surface area contributed by atoms with Crippen LogP contribution < -0.4 is 11.1 Å². The summed E-state index contributed by atoms with van der Waals surface area (Å²) in [7, 11) is -4.52. The third-order valence-electron chi connectivity index (χ3n) is 6.73. The van der Waals surface area contributed by atoms with Crippen LogP contribution in [0.25, 0.3) is 5.78 Å². The van der Waals surface area contributed by atoms with E-state index < -0.39 is 59.9 Å². The number of aromatic nitrogens is 3. The fourth-order valence-electron chi connectivity index (χ4n) is 3.88. The van der Waals surface area contributed by atoms with Crippen molar-refractivity contribution in [1.82, 2.24) is 14.4 Å². The second kappa shape index (κ2) is 9.47. The van der Waals surface area contributed by atoms with E-state index in [0.29, 0.717) is 0 Å². The molecule has 196 valence electrons. The van der Waals surface area contributed by atoms with Gasteiger partial charge in [-0.25, -0.2) is 0 Å². The van der Waals surface area contributed by atoms with Crippen LogP contribution >= 0.6 is 7.60 Å². The molecule has 3 heterocycles. The topological polar surface area (TPSA) is 184 Å².